The highest BCUT2D eigenvalue weighted by molar-refractivity contribution is 7.80. The summed E-state index contributed by atoms with van der Waals surface area (Å²) in [6, 6.07) is 20.6. The zero-order valence-corrected chi connectivity index (χ0v) is 17.1. The molecule has 28 heavy (non-hydrogen) atoms. The van der Waals surface area contributed by atoms with Gasteiger partial charge in [0.2, 0.25) is 0 Å². The third kappa shape index (κ3) is 5.79. The standard InChI is InChI=1S/C23H25N3OS/c1-18-3-5-20(6-4-18)16-26(17-21-11-13-24-14-12-21)23(28)25-15-19-7-9-22(27-2)10-8-19/h3-14H,15-17H2,1-2H3,(H,25,28). The number of aromatic nitrogens is 1. The van der Waals surface area contributed by atoms with Crippen LogP contribution < -0.4 is 10.1 Å². The average Bonchev–Trinajstić information content (AvgIpc) is 2.74. The van der Waals surface area contributed by atoms with Gasteiger partial charge in [-0.05, 0) is 60.1 Å². The van der Waals surface area contributed by atoms with Crippen LogP contribution in [0.15, 0.2) is 73.1 Å². The number of nitrogens with zero attached hydrogens (tertiary/aromatic N) is 2. The molecule has 0 aliphatic heterocycles. The van der Waals surface area contributed by atoms with E-state index in [1.165, 1.54) is 16.7 Å². The number of nitrogens with one attached hydrogen (secondary N) is 1. The first kappa shape index (κ1) is 19.8. The number of rotatable bonds is 7. The van der Waals surface area contributed by atoms with Crippen molar-refractivity contribution in [3.63, 3.8) is 0 Å². The van der Waals surface area contributed by atoms with E-state index in [0.717, 1.165) is 29.5 Å². The van der Waals surface area contributed by atoms with Gasteiger partial charge in [0.25, 0.3) is 0 Å². The highest BCUT2D eigenvalue weighted by Crippen LogP contribution is 2.13. The van der Waals surface area contributed by atoms with E-state index in [1.807, 2.05) is 48.8 Å². The van der Waals surface area contributed by atoms with E-state index in [-0.39, 0.29) is 0 Å². The lowest BCUT2D eigenvalue weighted by atomic mass is 10.1. The first-order valence-corrected chi connectivity index (χ1v) is 9.65. The Labute approximate surface area is 172 Å². The monoisotopic (exact) mass is 391 g/mol. The number of hydrogen-bond donors (Lipinski definition) is 1. The maximum atomic E-state index is 5.72. The van der Waals surface area contributed by atoms with Crippen LogP contribution in [0.1, 0.15) is 22.3 Å². The first-order valence-electron chi connectivity index (χ1n) is 9.24. The minimum atomic E-state index is 0.670. The summed E-state index contributed by atoms with van der Waals surface area (Å²) in [5.74, 6) is 0.852. The van der Waals surface area contributed by atoms with Gasteiger partial charge in [-0.2, -0.15) is 0 Å². The van der Waals surface area contributed by atoms with Crippen LogP contribution in [0.25, 0.3) is 0 Å². The van der Waals surface area contributed by atoms with Crippen LogP contribution in [0.2, 0.25) is 0 Å². The van der Waals surface area contributed by atoms with Gasteiger partial charge in [-0.1, -0.05) is 42.0 Å². The number of ether oxygens (including phenoxy) is 1. The Morgan fingerprint density at radius 1 is 0.893 bits per heavy atom. The van der Waals surface area contributed by atoms with Crippen molar-refractivity contribution >= 4 is 17.3 Å². The van der Waals surface area contributed by atoms with Gasteiger partial charge in [0.1, 0.15) is 5.75 Å². The van der Waals surface area contributed by atoms with Gasteiger partial charge in [0.05, 0.1) is 7.11 Å². The Morgan fingerprint density at radius 3 is 2.07 bits per heavy atom. The van der Waals surface area contributed by atoms with E-state index in [2.05, 4.69) is 46.4 Å². The molecule has 0 amide bonds. The van der Waals surface area contributed by atoms with Crippen LogP contribution in [0, 0.1) is 6.92 Å². The molecule has 5 heteroatoms. The molecule has 0 spiro atoms. The summed E-state index contributed by atoms with van der Waals surface area (Å²) in [7, 11) is 1.67. The van der Waals surface area contributed by atoms with Crippen LogP contribution >= 0.6 is 12.2 Å². The van der Waals surface area contributed by atoms with Crippen molar-refractivity contribution in [2.45, 2.75) is 26.6 Å². The minimum Gasteiger partial charge on any atom is -0.497 e. The van der Waals surface area contributed by atoms with Crippen molar-refractivity contribution in [2.24, 2.45) is 0 Å². The SMILES string of the molecule is COc1ccc(CNC(=S)N(Cc2ccncc2)Cc2ccc(C)cc2)cc1. The molecule has 0 saturated carbocycles. The zero-order chi connectivity index (χ0) is 19.8. The largest absolute Gasteiger partial charge is 0.497 e. The lowest BCUT2D eigenvalue weighted by Gasteiger charge is -2.26. The van der Waals surface area contributed by atoms with E-state index >= 15 is 0 Å². The average molecular weight is 392 g/mol. The molecule has 0 unspecified atom stereocenters. The van der Waals surface area contributed by atoms with Crippen LogP contribution in [0.4, 0.5) is 0 Å². The Bertz CT molecular complexity index is 880. The van der Waals surface area contributed by atoms with Crippen molar-refractivity contribution in [2.75, 3.05) is 7.11 Å². The summed E-state index contributed by atoms with van der Waals surface area (Å²) in [4.78, 5) is 6.28. The van der Waals surface area contributed by atoms with Crippen molar-refractivity contribution in [3.8, 4) is 5.75 Å². The van der Waals surface area contributed by atoms with Gasteiger partial charge in [-0.25, -0.2) is 0 Å². The van der Waals surface area contributed by atoms with E-state index < -0.39 is 0 Å². The van der Waals surface area contributed by atoms with Gasteiger partial charge >= 0.3 is 0 Å². The van der Waals surface area contributed by atoms with Crippen LogP contribution in [-0.4, -0.2) is 22.1 Å². The number of benzene rings is 2. The Morgan fingerprint density at radius 2 is 1.46 bits per heavy atom. The molecule has 144 valence electrons. The van der Waals surface area contributed by atoms with Gasteiger partial charge in [0.15, 0.2) is 5.11 Å². The molecule has 0 saturated heterocycles. The molecule has 3 rings (SSSR count). The third-order valence-corrected chi connectivity index (χ3v) is 4.91. The summed E-state index contributed by atoms with van der Waals surface area (Å²) in [5.41, 5.74) is 4.82. The summed E-state index contributed by atoms with van der Waals surface area (Å²) < 4.78 is 5.21. The van der Waals surface area contributed by atoms with Gasteiger partial charge < -0.3 is 15.0 Å². The van der Waals surface area contributed by atoms with Gasteiger partial charge in [-0.3, -0.25) is 4.98 Å². The normalized spacial score (nSPS) is 10.4. The summed E-state index contributed by atoms with van der Waals surface area (Å²) >= 11 is 5.72. The molecule has 0 bridgehead atoms. The molecule has 0 aliphatic rings. The van der Waals surface area contributed by atoms with E-state index in [1.54, 1.807) is 7.11 Å². The smallest absolute Gasteiger partial charge is 0.169 e. The molecule has 3 aromatic rings. The molecule has 1 N–H and O–H groups in total. The number of aryl methyl sites for hydroxylation is 1. The topological polar surface area (TPSA) is 37.4 Å². The van der Waals surface area contributed by atoms with Crippen molar-refractivity contribution < 1.29 is 4.74 Å². The summed E-state index contributed by atoms with van der Waals surface area (Å²) in [6.45, 7) is 4.24. The van der Waals surface area contributed by atoms with E-state index in [9.17, 15) is 0 Å². The quantitative estimate of drug-likeness (QED) is 0.601. The number of thiocarbonyl (C=S) groups is 1. The van der Waals surface area contributed by atoms with Gasteiger partial charge in [0, 0.05) is 32.0 Å². The molecule has 2 aromatic carbocycles. The van der Waals surface area contributed by atoms with Crippen LogP contribution in [-0.2, 0) is 19.6 Å². The van der Waals surface area contributed by atoms with Gasteiger partial charge in [-0.15, -0.1) is 0 Å². The first-order chi connectivity index (χ1) is 13.6. The van der Waals surface area contributed by atoms with Crippen molar-refractivity contribution in [1.82, 2.24) is 15.2 Å². The minimum absolute atomic E-state index is 0.670. The molecule has 0 aliphatic carbocycles. The fourth-order valence-electron chi connectivity index (χ4n) is 2.85. The lowest BCUT2D eigenvalue weighted by Crippen LogP contribution is -2.38. The molecule has 0 atom stereocenters. The Balaban J connectivity index is 1.68. The number of hydrogen-bond acceptors (Lipinski definition) is 3. The molecular weight excluding hydrogens is 366 g/mol. The third-order valence-electron chi connectivity index (χ3n) is 4.51. The molecule has 0 fully saturated rings. The highest BCUT2D eigenvalue weighted by Gasteiger charge is 2.11. The highest BCUT2D eigenvalue weighted by atomic mass is 32.1. The Kier molecular flexibility index (Phi) is 6.98. The van der Waals surface area contributed by atoms with Crippen molar-refractivity contribution in [3.05, 3.63) is 95.3 Å². The zero-order valence-electron chi connectivity index (χ0n) is 16.3. The maximum absolute atomic E-state index is 5.72. The van der Waals surface area contributed by atoms with Crippen molar-refractivity contribution in [1.29, 1.82) is 0 Å². The summed E-state index contributed by atoms with van der Waals surface area (Å²) in [5, 5.41) is 4.12. The predicted molar refractivity (Wildman–Crippen MR) is 117 cm³/mol. The summed E-state index contributed by atoms with van der Waals surface area (Å²) in [6.07, 6.45) is 3.63. The van der Waals surface area contributed by atoms with Crippen LogP contribution in [0.5, 0.6) is 5.75 Å². The molecule has 4 nitrogen and oxygen atoms in total. The molecule has 1 heterocycles. The molecular formula is C23H25N3OS. The number of methoxy groups -OCH3 is 1. The number of pyridine rings is 1. The second-order valence-corrected chi connectivity index (χ2v) is 7.09. The van der Waals surface area contributed by atoms with E-state index in [4.69, 9.17) is 17.0 Å². The predicted octanol–water partition coefficient (Wildman–Crippen LogP) is 4.48. The van der Waals surface area contributed by atoms with Crippen LogP contribution in [0.3, 0.4) is 0 Å². The second kappa shape index (κ2) is 9.85. The lowest BCUT2D eigenvalue weighted by molar-refractivity contribution is 0.398. The fourth-order valence-corrected chi connectivity index (χ4v) is 3.06. The molecule has 1 aromatic heterocycles. The maximum Gasteiger partial charge on any atom is 0.169 e. The second-order valence-electron chi connectivity index (χ2n) is 6.70. The molecule has 0 radical (unpaired) electrons. The fraction of sp³-hybridized carbons (Fsp3) is 0.217. The Hall–Kier alpha value is -2.92. The van der Waals surface area contributed by atoms with E-state index in [0.29, 0.717) is 6.54 Å².